The Morgan fingerprint density at radius 2 is 1.72 bits per heavy atom. The molecule has 148 valence electrons. The molecule has 2 N–H and O–H groups in total. The fourth-order valence-electron chi connectivity index (χ4n) is 3.45. The first-order chi connectivity index (χ1) is 14.0. The number of rotatable bonds is 5. The van der Waals surface area contributed by atoms with Crippen molar-refractivity contribution >= 4 is 22.4 Å². The van der Waals surface area contributed by atoms with Crippen molar-refractivity contribution in [1.29, 1.82) is 0 Å². The molecule has 0 spiro atoms. The minimum Gasteiger partial charge on any atom is -0.507 e. The van der Waals surface area contributed by atoms with Crippen LogP contribution in [-0.4, -0.2) is 37.2 Å². The smallest absolute Gasteiger partial charge is 0.340 e. The zero-order valence-corrected chi connectivity index (χ0v) is 15.4. The quantitative estimate of drug-likeness (QED) is 0.618. The van der Waals surface area contributed by atoms with Gasteiger partial charge in [-0.2, -0.15) is 0 Å². The van der Waals surface area contributed by atoms with Crippen molar-refractivity contribution in [3.8, 4) is 39.9 Å². The Balaban J connectivity index is 2.08. The van der Waals surface area contributed by atoms with E-state index in [1.165, 1.54) is 44.6 Å². The van der Waals surface area contributed by atoms with Gasteiger partial charge in [-0.15, -0.1) is 4.91 Å². The summed E-state index contributed by atoms with van der Waals surface area (Å²) in [5, 5.41) is 24.1. The van der Waals surface area contributed by atoms with Crippen LogP contribution in [0.4, 0.5) is 5.69 Å². The lowest BCUT2D eigenvalue weighted by Gasteiger charge is -2.16. The number of hydrogen-bond acceptors (Lipinski definition) is 8. The van der Waals surface area contributed by atoms with Crippen molar-refractivity contribution in [2.24, 2.45) is 5.18 Å². The van der Waals surface area contributed by atoms with E-state index in [-0.39, 0.29) is 46.4 Å². The summed E-state index contributed by atoms with van der Waals surface area (Å²) < 4.78 is 21.0. The van der Waals surface area contributed by atoms with Gasteiger partial charge in [-0.05, 0) is 35.5 Å². The van der Waals surface area contributed by atoms with E-state index >= 15 is 0 Å². The summed E-state index contributed by atoms with van der Waals surface area (Å²) in [5.74, 6) is -0.452. The third kappa shape index (κ3) is 2.75. The van der Waals surface area contributed by atoms with E-state index in [9.17, 15) is 19.9 Å². The van der Waals surface area contributed by atoms with E-state index in [1.807, 2.05) is 0 Å². The number of ether oxygens (including phenoxy) is 4. The Bertz CT molecular complexity index is 1170. The Labute approximate surface area is 164 Å². The lowest BCUT2D eigenvalue weighted by atomic mass is 9.93. The summed E-state index contributed by atoms with van der Waals surface area (Å²) in [6.45, 7) is 0.0158. The number of carboxylic acid groups (broad SMARTS) is 1. The molecule has 0 aliphatic carbocycles. The van der Waals surface area contributed by atoms with E-state index in [2.05, 4.69) is 5.18 Å². The summed E-state index contributed by atoms with van der Waals surface area (Å²) in [6.07, 6.45) is 0. The van der Waals surface area contributed by atoms with Crippen LogP contribution in [0.25, 0.3) is 21.9 Å². The van der Waals surface area contributed by atoms with Crippen LogP contribution in [0.15, 0.2) is 35.5 Å². The number of phenolic OH excluding ortho intramolecular Hbond substituents is 1. The monoisotopic (exact) mass is 397 g/mol. The predicted octanol–water partition coefficient (Wildman–Crippen LogP) is 4.05. The molecule has 1 aliphatic rings. The van der Waals surface area contributed by atoms with E-state index in [1.54, 1.807) is 0 Å². The number of carbonyl (C=O) groups is 1. The van der Waals surface area contributed by atoms with Gasteiger partial charge in [0.2, 0.25) is 6.79 Å². The number of methoxy groups -OCH3 is 2. The van der Waals surface area contributed by atoms with E-state index < -0.39 is 5.97 Å². The highest BCUT2D eigenvalue weighted by atomic mass is 16.7. The molecule has 3 aromatic carbocycles. The number of carboxylic acids is 1. The van der Waals surface area contributed by atoms with E-state index in [0.29, 0.717) is 22.3 Å². The Morgan fingerprint density at radius 3 is 2.31 bits per heavy atom. The van der Waals surface area contributed by atoms with Crippen LogP contribution in [0.1, 0.15) is 10.4 Å². The molecule has 0 fully saturated rings. The molecule has 0 bridgehead atoms. The molecule has 0 atom stereocenters. The van der Waals surface area contributed by atoms with Crippen molar-refractivity contribution in [3.63, 3.8) is 0 Å². The number of fused-ring (bicyclic) bond motifs is 2. The lowest BCUT2D eigenvalue weighted by Crippen LogP contribution is -2.05. The van der Waals surface area contributed by atoms with Gasteiger partial charge in [-0.1, -0.05) is 0 Å². The van der Waals surface area contributed by atoms with Gasteiger partial charge in [0.25, 0.3) is 0 Å². The van der Waals surface area contributed by atoms with Crippen molar-refractivity contribution in [2.45, 2.75) is 0 Å². The second-order valence-corrected chi connectivity index (χ2v) is 6.16. The molecule has 0 aromatic heterocycles. The number of hydrogen-bond donors (Lipinski definition) is 2. The Kier molecular flexibility index (Phi) is 4.34. The molecule has 0 saturated heterocycles. The number of benzene rings is 3. The second-order valence-electron chi connectivity index (χ2n) is 6.16. The van der Waals surface area contributed by atoms with Crippen molar-refractivity contribution < 1.29 is 34.0 Å². The molecule has 0 amide bonds. The highest BCUT2D eigenvalue weighted by molar-refractivity contribution is 6.09. The highest BCUT2D eigenvalue weighted by Crippen LogP contribution is 2.49. The van der Waals surface area contributed by atoms with Crippen molar-refractivity contribution in [3.05, 3.63) is 40.8 Å². The molecule has 3 aromatic rings. The standard InChI is InChI=1S/C20H15NO8/c1-26-14-4-3-9(17(20(23)24)19(14)27-2)11-5-13(22)10-6-15-16(29-8-28-15)7-12(10)18(11)21-25/h3-7,22H,8H2,1-2H3,(H,23,24). The number of nitroso groups, excluding NO2 is 1. The lowest BCUT2D eigenvalue weighted by molar-refractivity contribution is 0.0693. The fraction of sp³-hybridized carbons (Fsp3) is 0.150. The SMILES string of the molecule is COc1ccc(-c2cc(O)c3cc4c(cc3c2N=O)OCO4)c(C(=O)O)c1OC. The summed E-state index contributed by atoms with van der Waals surface area (Å²) in [4.78, 5) is 23.8. The first kappa shape index (κ1) is 18.4. The predicted molar refractivity (Wildman–Crippen MR) is 103 cm³/mol. The zero-order chi connectivity index (χ0) is 20.7. The number of aromatic hydroxyl groups is 1. The molecular weight excluding hydrogens is 382 g/mol. The molecule has 29 heavy (non-hydrogen) atoms. The maximum absolute atomic E-state index is 12.0. The number of aromatic carboxylic acids is 1. The molecule has 4 rings (SSSR count). The summed E-state index contributed by atoms with van der Waals surface area (Å²) in [6, 6.07) is 7.33. The van der Waals surface area contributed by atoms with E-state index in [4.69, 9.17) is 18.9 Å². The molecular formula is C20H15NO8. The second kappa shape index (κ2) is 6.86. The van der Waals surface area contributed by atoms with Crippen LogP contribution >= 0.6 is 0 Å². The first-order valence-corrected chi connectivity index (χ1v) is 8.41. The van der Waals surface area contributed by atoms with Crippen LogP contribution in [0.2, 0.25) is 0 Å². The molecule has 9 nitrogen and oxygen atoms in total. The van der Waals surface area contributed by atoms with Gasteiger partial charge < -0.3 is 29.2 Å². The maximum atomic E-state index is 12.0. The van der Waals surface area contributed by atoms with Gasteiger partial charge in [0.15, 0.2) is 23.0 Å². The molecule has 0 unspecified atom stereocenters. The normalized spacial score (nSPS) is 12.1. The van der Waals surface area contributed by atoms with Crippen molar-refractivity contribution in [1.82, 2.24) is 0 Å². The molecule has 9 heteroatoms. The van der Waals surface area contributed by atoms with Gasteiger partial charge in [0.05, 0.1) is 14.2 Å². The summed E-state index contributed by atoms with van der Waals surface area (Å²) >= 11 is 0. The summed E-state index contributed by atoms with van der Waals surface area (Å²) in [5.41, 5.74) is -0.0103. The van der Waals surface area contributed by atoms with Crippen LogP contribution in [0, 0.1) is 4.91 Å². The Hall–Kier alpha value is -4.01. The maximum Gasteiger partial charge on any atom is 0.340 e. The fourth-order valence-corrected chi connectivity index (χ4v) is 3.45. The van der Waals surface area contributed by atoms with Crippen LogP contribution in [0.3, 0.4) is 0 Å². The van der Waals surface area contributed by atoms with Crippen molar-refractivity contribution in [2.75, 3.05) is 21.0 Å². The van der Waals surface area contributed by atoms with E-state index in [0.717, 1.165) is 0 Å². The zero-order valence-electron chi connectivity index (χ0n) is 15.4. The third-order valence-corrected chi connectivity index (χ3v) is 4.72. The molecule has 1 aliphatic heterocycles. The van der Waals surface area contributed by atoms with Gasteiger partial charge in [-0.3, -0.25) is 0 Å². The largest absolute Gasteiger partial charge is 0.507 e. The minimum absolute atomic E-state index is 0.0142. The summed E-state index contributed by atoms with van der Waals surface area (Å²) in [7, 11) is 2.69. The van der Waals surface area contributed by atoms with Gasteiger partial charge in [0.1, 0.15) is 17.0 Å². The van der Waals surface area contributed by atoms with Gasteiger partial charge in [0, 0.05) is 21.9 Å². The average molecular weight is 397 g/mol. The van der Waals surface area contributed by atoms with Crippen LogP contribution < -0.4 is 18.9 Å². The topological polar surface area (TPSA) is 124 Å². The Morgan fingerprint density at radius 1 is 1.03 bits per heavy atom. The van der Waals surface area contributed by atoms with Crippen LogP contribution in [-0.2, 0) is 0 Å². The van der Waals surface area contributed by atoms with Crippen LogP contribution in [0.5, 0.6) is 28.7 Å². The number of phenols is 1. The van der Waals surface area contributed by atoms with Gasteiger partial charge >= 0.3 is 5.97 Å². The highest BCUT2D eigenvalue weighted by Gasteiger charge is 2.26. The molecule has 0 radical (unpaired) electrons. The third-order valence-electron chi connectivity index (χ3n) is 4.72. The average Bonchev–Trinajstić information content (AvgIpc) is 3.18. The minimum atomic E-state index is -1.29. The van der Waals surface area contributed by atoms with Gasteiger partial charge in [-0.25, -0.2) is 4.79 Å². The number of nitrogens with zero attached hydrogens (tertiary/aromatic N) is 1. The first-order valence-electron chi connectivity index (χ1n) is 8.41. The molecule has 0 saturated carbocycles. The molecule has 1 heterocycles.